The number of aryl methyl sites for hydroxylation is 1. The van der Waals surface area contributed by atoms with E-state index in [1.54, 1.807) is 12.1 Å². The van der Waals surface area contributed by atoms with Crippen LogP contribution in [-0.4, -0.2) is 73.2 Å². The number of rotatable bonds is 7. The molecule has 2 heterocycles. The molecule has 0 amide bonds. The van der Waals surface area contributed by atoms with Gasteiger partial charge in [-0.05, 0) is 111 Å². The minimum atomic E-state index is -0.153. The predicted molar refractivity (Wildman–Crippen MR) is 157 cm³/mol. The van der Waals surface area contributed by atoms with Crippen LogP contribution in [0.2, 0.25) is 0 Å². The van der Waals surface area contributed by atoms with Crippen molar-refractivity contribution in [3.63, 3.8) is 0 Å². The van der Waals surface area contributed by atoms with Crippen LogP contribution < -0.4 is 10.2 Å². The molecular weight excluding hydrogens is 471 g/mol. The fourth-order valence-corrected chi connectivity index (χ4v) is 7.21. The molecule has 2 aliphatic heterocycles. The molecule has 1 N–H and O–H groups in total. The largest absolute Gasteiger partial charge is 0.371 e. The van der Waals surface area contributed by atoms with Crippen LogP contribution in [0.5, 0.6) is 0 Å². The standard InChI is InChI=1S/C33H45FN4/c1-24(2)36-15-17-38(18-16-36)33(11-4-12-33)23-35-30-9-13-37(14-10-30)31-8-5-25(3)32(22-31)28-19-26-6-7-29(34)21-27(26)20-28/h5-8,20-22,24,30,35H,4,9-19,23H2,1-3H3. The second-order valence-corrected chi connectivity index (χ2v) is 12.5. The van der Waals surface area contributed by atoms with Crippen LogP contribution in [0.1, 0.15) is 68.2 Å². The predicted octanol–water partition coefficient (Wildman–Crippen LogP) is 5.74. The van der Waals surface area contributed by atoms with Crippen molar-refractivity contribution in [2.24, 2.45) is 0 Å². The number of halogens is 1. The van der Waals surface area contributed by atoms with Gasteiger partial charge in [-0.2, -0.15) is 0 Å². The molecule has 4 aliphatic rings. The van der Waals surface area contributed by atoms with E-state index in [0.717, 1.165) is 31.6 Å². The molecule has 0 unspecified atom stereocenters. The fraction of sp³-hybridized carbons (Fsp3) is 0.576. The van der Waals surface area contributed by atoms with Crippen LogP contribution in [0.25, 0.3) is 11.6 Å². The molecule has 3 fully saturated rings. The van der Waals surface area contributed by atoms with Crippen LogP contribution in [-0.2, 0) is 6.42 Å². The number of piperazine rings is 1. The quantitative estimate of drug-likeness (QED) is 0.507. The topological polar surface area (TPSA) is 21.8 Å². The minimum absolute atomic E-state index is 0.153. The molecule has 2 aromatic carbocycles. The van der Waals surface area contributed by atoms with Gasteiger partial charge in [-0.3, -0.25) is 9.80 Å². The Morgan fingerprint density at radius 3 is 2.42 bits per heavy atom. The number of piperidine rings is 1. The van der Waals surface area contributed by atoms with Crippen LogP contribution in [0.15, 0.2) is 36.4 Å². The van der Waals surface area contributed by atoms with Crippen molar-refractivity contribution >= 4 is 17.3 Å². The first kappa shape index (κ1) is 26.0. The Morgan fingerprint density at radius 1 is 0.974 bits per heavy atom. The number of nitrogens with one attached hydrogen (secondary N) is 1. The van der Waals surface area contributed by atoms with E-state index in [-0.39, 0.29) is 5.82 Å². The summed E-state index contributed by atoms with van der Waals surface area (Å²) in [7, 11) is 0. The van der Waals surface area contributed by atoms with Crippen LogP contribution in [0.4, 0.5) is 10.1 Å². The van der Waals surface area contributed by atoms with E-state index in [1.807, 2.05) is 6.07 Å². The summed E-state index contributed by atoms with van der Waals surface area (Å²) in [5.41, 5.74) is 7.90. The molecule has 1 saturated carbocycles. The number of hydrogen-bond donors (Lipinski definition) is 1. The highest BCUT2D eigenvalue weighted by Gasteiger charge is 2.43. The van der Waals surface area contributed by atoms with E-state index in [1.165, 1.54) is 86.2 Å². The average molecular weight is 517 g/mol. The maximum atomic E-state index is 13.7. The summed E-state index contributed by atoms with van der Waals surface area (Å²) in [5.74, 6) is -0.153. The van der Waals surface area contributed by atoms with Crippen molar-refractivity contribution in [2.75, 3.05) is 50.7 Å². The van der Waals surface area contributed by atoms with E-state index < -0.39 is 0 Å². The molecule has 0 spiro atoms. The average Bonchev–Trinajstić information content (AvgIpc) is 3.32. The molecule has 2 aromatic rings. The Labute approximate surface area is 228 Å². The molecule has 0 aromatic heterocycles. The third-order valence-corrected chi connectivity index (χ3v) is 9.97. The fourth-order valence-electron chi connectivity index (χ4n) is 7.21. The third kappa shape index (κ3) is 5.17. The van der Waals surface area contributed by atoms with Gasteiger partial charge in [0.1, 0.15) is 5.82 Å². The van der Waals surface area contributed by atoms with Crippen LogP contribution in [0, 0.1) is 12.7 Å². The zero-order valence-electron chi connectivity index (χ0n) is 23.6. The van der Waals surface area contributed by atoms with E-state index >= 15 is 0 Å². The molecule has 2 aliphatic carbocycles. The Kier molecular flexibility index (Phi) is 7.36. The van der Waals surface area contributed by atoms with Crippen molar-refractivity contribution in [1.82, 2.24) is 15.1 Å². The summed E-state index contributed by atoms with van der Waals surface area (Å²) in [6, 6.07) is 13.4. The summed E-state index contributed by atoms with van der Waals surface area (Å²) >= 11 is 0. The highest BCUT2D eigenvalue weighted by Crippen LogP contribution is 2.39. The second-order valence-electron chi connectivity index (χ2n) is 12.5. The maximum Gasteiger partial charge on any atom is 0.123 e. The van der Waals surface area contributed by atoms with Gasteiger partial charge in [0.2, 0.25) is 0 Å². The van der Waals surface area contributed by atoms with Crippen LogP contribution >= 0.6 is 0 Å². The van der Waals surface area contributed by atoms with Crippen LogP contribution in [0.3, 0.4) is 0 Å². The van der Waals surface area contributed by atoms with Gasteiger partial charge >= 0.3 is 0 Å². The number of nitrogens with zero attached hydrogens (tertiary/aromatic N) is 3. The third-order valence-electron chi connectivity index (χ3n) is 9.97. The number of allylic oxidation sites excluding steroid dienone is 1. The van der Waals surface area contributed by atoms with Crippen molar-refractivity contribution in [2.45, 2.75) is 76.9 Å². The number of fused-ring (bicyclic) bond motifs is 1. The zero-order chi connectivity index (χ0) is 26.3. The van der Waals surface area contributed by atoms with Gasteiger partial charge in [0, 0.05) is 69.1 Å². The highest BCUT2D eigenvalue weighted by atomic mass is 19.1. The Morgan fingerprint density at radius 2 is 1.74 bits per heavy atom. The van der Waals surface area contributed by atoms with Crippen molar-refractivity contribution in [1.29, 1.82) is 0 Å². The molecule has 2 saturated heterocycles. The monoisotopic (exact) mass is 516 g/mol. The van der Waals surface area contributed by atoms with Gasteiger partial charge < -0.3 is 10.2 Å². The first-order valence-corrected chi connectivity index (χ1v) is 15.0. The van der Waals surface area contributed by atoms with Gasteiger partial charge in [-0.25, -0.2) is 4.39 Å². The van der Waals surface area contributed by atoms with E-state index in [9.17, 15) is 4.39 Å². The molecule has 4 nitrogen and oxygen atoms in total. The number of anilines is 1. The van der Waals surface area contributed by atoms with Gasteiger partial charge in [-0.1, -0.05) is 18.2 Å². The van der Waals surface area contributed by atoms with Crippen molar-refractivity contribution < 1.29 is 4.39 Å². The molecule has 0 radical (unpaired) electrons. The normalized spacial score (nSPS) is 22.4. The Hall–Kier alpha value is -2.21. The molecule has 38 heavy (non-hydrogen) atoms. The molecule has 6 rings (SSSR count). The Balaban J connectivity index is 1.04. The van der Waals surface area contributed by atoms with Gasteiger partial charge in [0.25, 0.3) is 0 Å². The molecule has 204 valence electrons. The lowest BCUT2D eigenvalue weighted by atomic mass is 9.74. The number of benzene rings is 2. The van der Waals surface area contributed by atoms with E-state index in [0.29, 0.717) is 17.6 Å². The van der Waals surface area contributed by atoms with Gasteiger partial charge in [0.15, 0.2) is 0 Å². The molecular formula is C33H45FN4. The van der Waals surface area contributed by atoms with Gasteiger partial charge in [0.05, 0.1) is 0 Å². The first-order valence-electron chi connectivity index (χ1n) is 15.0. The second kappa shape index (κ2) is 10.7. The summed E-state index contributed by atoms with van der Waals surface area (Å²) in [6.07, 6.45) is 9.58. The maximum absolute atomic E-state index is 13.7. The Bertz CT molecular complexity index is 1170. The smallest absolute Gasteiger partial charge is 0.123 e. The lowest BCUT2D eigenvalue weighted by Gasteiger charge is -2.54. The van der Waals surface area contributed by atoms with Crippen molar-refractivity contribution in [3.8, 4) is 0 Å². The SMILES string of the molecule is Cc1ccc(N2CCC(NCC3(N4CCN(C(C)C)CC4)CCC3)CC2)cc1C1=Cc2cc(F)ccc2C1. The van der Waals surface area contributed by atoms with E-state index in [4.69, 9.17) is 0 Å². The van der Waals surface area contributed by atoms with E-state index in [2.05, 4.69) is 65.1 Å². The first-order chi connectivity index (χ1) is 18.4. The summed E-state index contributed by atoms with van der Waals surface area (Å²) in [4.78, 5) is 8.01. The van der Waals surface area contributed by atoms with Crippen molar-refractivity contribution in [3.05, 3.63) is 64.5 Å². The zero-order valence-corrected chi connectivity index (χ0v) is 23.6. The summed E-state index contributed by atoms with van der Waals surface area (Å²) in [5, 5.41) is 4.03. The lowest BCUT2D eigenvalue weighted by molar-refractivity contribution is -0.0252. The highest BCUT2D eigenvalue weighted by molar-refractivity contribution is 5.90. The summed E-state index contributed by atoms with van der Waals surface area (Å²) in [6.45, 7) is 15.1. The molecule has 0 atom stereocenters. The molecule has 0 bridgehead atoms. The lowest BCUT2D eigenvalue weighted by Crippen LogP contribution is -2.65. The summed E-state index contributed by atoms with van der Waals surface area (Å²) < 4.78 is 13.7. The molecule has 5 heteroatoms. The van der Waals surface area contributed by atoms with Gasteiger partial charge in [-0.15, -0.1) is 0 Å². The minimum Gasteiger partial charge on any atom is -0.371 e. The number of hydrogen-bond acceptors (Lipinski definition) is 4.